The average Bonchev–Trinajstić information content (AvgIpc) is 3.38. The molecule has 0 aliphatic carbocycles. The number of halogens is 2. The second-order valence-corrected chi connectivity index (χ2v) is 10.9. The molecule has 2 bridgehead atoms. The predicted molar refractivity (Wildman–Crippen MR) is 159 cm³/mol. The highest BCUT2D eigenvalue weighted by Gasteiger charge is 2.28. The summed E-state index contributed by atoms with van der Waals surface area (Å²) in [6, 6.07) is 12.2. The largest absolute Gasteiger partial charge is 0.469 e. The van der Waals surface area contributed by atoms with E-state index in [2.05, 4.69) is 25.9 Å². The third-order valence-electron chi connectivity index (χ3n) is 7.35. The summed E-state index contributed by atoms with van der Waals surface area (Å²) >= 11 is 5.92. The van der Waals surface area contributed by atoms with E-state index in [1.165, 1.54) is 23.9 Å². The fourth-order valence-corrected chi connectivity index (χ4v) is 5.15. The molecule has 1 aliphatic heterocycles. The molecule has 0 saturated carbocycles. The zero-order chi connectivity index (χ0) is 31.5. The lowest BCUT2D eigenvalue weighted by atomic mass is 9.94. The Bertz CT molecular complexity index is 1790. The number of amides is 2. The zero-order valence-corrected chi connectivity index (χ0v) is 24.8. The average molecular weight is 619 g/mol. The van der Waals surface area contributed by atoms with Gasteiger partial charge in [0, 0.05) is 36.2 Å². The maximum absolute atomic E-state index is 14.7. The summed E-state index contributed by atoms with van der Waals surface area (Å²) in [5.74, 6) is -3.11. The number of aromatic nitrogens is 4. The molecule has 0 spiro atoms. The minimum Gasteiger partial charge on any atom is -0.469 e. The number of hydrogen-bond donors (Lipinski definition) is 2. The number of pyridine rings is 1. The van der Waals surface area contributed by atoms with Gasteiger partial charge in [-0.1, -0.05) is 41.9 Å². The van der Waals surface area contributed by atoms with Crippen molar-refractivity contribution in [3.05, 3.63) is 88.2 Å². The molecular formula is C31H28ClFN6O5. The van der Waals surface area contributed by atoms with E-state index in [9.17, 15) is 23.6 Å². The van der Waals surface area contributed by atoms with Crippen molar-refractivity contribution in [2.45, 2.75) is 39.2 Å². The first-order chi connectivity index (χ1) is 21.0. The van der Waals surface area contributed by atoms with Gasteiger partial charge < -0.3 is 15.4 Å². The number of esters is 1. The van der Waals surface area contributed by atoms with Gasteiger partial charge in [-0.25, -0.2) is 9.07 Å². The molecule has 226 valence electrons. The second-order valence-electron chi connectivity index (χ2n) is 10.5. The number of fused-ring (bicyclic) bond motifs is 4. The van der Waals surface area contributed by atoms with Crippen LogP contribution >= 0.6 is 11.6 Å². The molecule has 2 aromatic heterocycles. The Labute approximate surface area is 256 Å². The van der Waals surface area contributed by atoms with Gasteiger partial charge in [0.2, 0.25) is 5.91 Å². The summed E-state index contributed by atoms with van der Waals surface area (Å²) in [7, 11) is 1.30. The normalized spacial score (nSPS) is 16.7. The molecule has 44 heavy (non-hydrogen) atoms. The van der Waals surface area contributed by atoms with Gasteiger partial charge in [0.1, 0.15) is 11.5 Å². The van der Waals surface area contributed by atoms with Gasteiger partial charge in [-0.2, -0.15) is 0 Å². The second kappa shape index (κ2) is 12.7. The topological polar surface area (TPSA) is 145 Å². The number of nitrogens with one attached hydrogen (secondary N) is 2. The van der Waals surface area contributed by atoms with Crippen molar-refractivity contribution in [2.24, 2.45) is 5.92 Å². The number of carbonyl (C=O) groups excluding carboxylic acids is 4. The number of nitrogens with zero attached hydrogens (tertiary/aromatic N) is 4. The third-order valence-corrected chi connectivity index (χ3v) is 7.65. The molecule has 4 aromatic rings. The highest BCUT2D eigenvalue weighted by Crippen LogP contribution is 2.33. The predicted octanol–water partition coefficient (Wildman–Crippen LogP) is 4.55. The van der Waals surface area contributed by atoms with Gasteiger partial charge in [0.25, 0.3) is 5.91 Å². The van der Waals surface area contributed by atoms with Crippen molar-refractivity contribution in [1.29, 1.82) is 0 Å². The summed E-state index contributed by atoms with van der Waals surface area (Å²) in [6.07, 6.45) is 1.33. The van der Waals surface area contributed by atoms with E-state index >= 15 is 0 Å². The third kappa shape index (κ3) is 6.35. The van der Waals surface area contributed by atoms with E-state index in [4.69, 9.17) is 16.3 Å². The van der Waals surface area contributed by atoms with Crippen molar-refractivity contribution >= 4 is 40.9 Å². The minimum absolute atomic E-state index is 0.0113. The summed E-state index contributed by atoms with van der Waals surface area (Å²) in [6.45, 7) is 3.20. The fraction of sp³-hybridized carbons (Fsp3) is 0.258. The van der Waals surface area contributed by atoms with Crippen LogP contribution < -0.4 is 10.6 Å². The van der Waals surface area contributed by atoms with Gasteiger partial charge in [-0.3, -0.25) is 24.2 Å². The number of anilines is 1. The number of ketones is 1. The smallest absolute Gasteiger partial charge is 0.309 e. The van der Waals surface area contributed by atoms with Crippen LogP contribution in [0.3, 0.4) is 0 Å². The van der Waals surface area contributed by atoms with Crippen molar-refractivity contribution in [1.82, 2.24) is 25.3 Å². The van der Waals surface area contributed by atoms with Gasteiger partial charge in [-0.15, -0.1) is 5.10 Å². The molecular weight excluding hydrogens is 591 g/mol. The van der Waals surface area contributed by atoms with E-state index in [1.54, 1.807) is 56.4 Å². The van der Waals surface area contributed by atoms with Crippen molar-refractivity contribution in [3.8, 4) is 16.8 Å². The molecule has 2 aromatic carbocycles. The standard InChI is InChI=1S/C31H28ClFN6O5/c1-16-11-20(40)15-25(36-31(43)29-17(2)39(38-37-29)26-6-4-5-22(32)28(26)33)24-14-19(9-10-34-24)21-8-7-18(13-27(41)44-3)12-23(21)35-30(16)42/h4-10,12,14,16,25H,11,13,15H2,1-3H3,(H,35,42)(H,36,43)/t16-,25+/m1/s1. The van der Waals surface area contributed by atoms with Crippen LogP contribution in [0.25, 0.3) is 16.8 Å². The molecule has 2 N–H and O–H groups in total. The highest BCUT2D eigenvalue weighted by molar-refractivity contribution is 6.30. The Morgan fingerprint density at radius 1 is 1.16 bits per heavy atom. The quantitative estimate of drug-likeness (QED) is 0.310. The van der Waals surface area contributed by atoms with Crippen LogP contribution in [0.2, 0.25) is 5.02 Å². The van der Waals surface area contributed by atoms with Crippen molar-refractivity contribution in [3.63, 3.8) is 0 Å². The Hall–Kier alpha value is -4.97. The van der Waals surface area contributed by atoms with Crippen LogP contribution in [-0.2, 0) is 25.5 Å². The van der Waals surface area contributed by atoms with Crippen LogP contribution in [0, 0.1) is 18.7 Å². The maximum atomic E-state index is 14.7. The van der Waals surface area contributed by atoms with Gasteiger partial charge >= 0.3 is 5.97 Å². The molecule has 0 fully saturated rings. The molecule has 1 aliphatic rings. The molecule has 0 unspecified atom stereocenters. The first-order valence-electron chi connectivity index (χ1n) is 13.7. The summed E-state index contributed by atoms with van der Waals surface area (Å²) in [4.78, 5) is 56.1. The lowest BCUT2D eigenvalue weighted by Gasteiger charge is -2.22. The van der Waals surface area contributed by atoms with Gasteiger partial charge in [-0.05, 0) is 48.4 Å². The number of ether oxygens (including phenoxy) is 1. The van der Waals surface area contributed by atoms with Crippen LogP contribution in [0.5, 0.6) is 0 Å². The fourth-order valence-electron chi connectivity index (χ4n) is 4.98. The Kier molecular flexibility index (Phi) is 8.81. The van der Waals surface area contributed by atoms with Gasteiger partial charge in [0.05, 0.1) is 36.0 Å². The molecule has 2 amide bonds. The van der Waals surface area contributed by atoms with E-state index < -0.39 is 29.7 Å². The maximum Gasteiger partial charge on any atom is 0.309 e. The Morgan fingerprint density at radius 2 is 1.95 bits per heavy atom. The number of hydrogen-bond acceptors (Lipinski definition) is 8. The van der Waals surface area contributed by atoms with Crippen molar-refractivity contribution < 1.29 is 28.3 Å². The molecule has 0 saturated heterocycles. The highest BCUT2D eigenvalue weighted by atomic mass is 35.5. The van der Waals surface area contributed by atoms with Gasteiger partial charge in [0.15, 0.2) is 11.5 Å². The molecule has 2 atom stereocenters. The molecule has 13 heteroatoms. The molecule has 11 nitrogen and oxygen atoms in total. The SMILES string of the molecule is COC(=O)Cc1ccc2c(c1)NC(=O)[C@H](C)CC(=O)C[C@H](NC(=O)c1nnn(-c3cccc(Cl)c3F)c1C)c1cc-2ccn1. The number of rotatable bonds is 5. The van der Waals surface area contributed by atoms with Crippen LogP contribution in [-0.4, -0.2) is 50.7 Å². The lowest BCUT2D eigenvalue weighted by Crippen LogP contribution is -2.32. The summed E-state index contributed by atoms with van der Waals surface area (Å²) in [5.41, 5.74) is 3.01. The minimum atomic E-state index is -0.876. The number of benzene rings is 2. The number of methoxy groups -OCH3 is 1. The molecule has 0 radical (unpaired) electrons. The van der Waals surface area contributed by atoms with E-state index in [-0.39, 0.29) is 53.1 Å². The molecule has 5 rings (SSSR count). The lowest BCUT2D eigenvalue weighted by molar-refractivity contribution is -0.139. The van der Waals surface area contributed by atoms with Crippen molar-refractivity contribution in [2.75, 3.05) is 12.4 Å². The summed E-state index contributed by atoms with van der Waals surface area (Å²) in [5, 5.41) is 13.5. The number of Topliss-reactive ketones (excluding diaryl/α,β-unsaturated/α-hetero) is 1. The summed E-state index contributed by atoms with van der Waals surface area (Å²) < 4.78 is 20.6. The van der Waals surface area contributed by atoms with Crippen LogP contribution in [0.1, 0.15) is 53.2 Å². The number of carbonyl (C=O) groups is 4. The molecule has 3 heterocycles. The van der Waals surface area contributed by atoms with E-state index in [1.807, 2.05) is 0 Å². The Morgan fingerprint density at radius 3 is 2.73 bits per heavy atom. The first kappa shape index (κ1) is 30.5. The van der Waals surface area contributed by atoms with E-state index in [0.29, 0.717) is 28.1 Å². The zero-order valence-electron chi connectivity index (χ0n) is 24.1. The first-order valence-corrected chi connectivity index (χ1v) is 14.1. The monoisotopic (exact) mass is 618 g/mol. The Balaban J connectivity index is 1.51. The van der Waals surface area contributed by atoms with Crippen LogP contribution in [0.15, 0.2) is 54.7 Å². The van der Waals surface area contributed by atoms with Crippen LogP contribution in [0.4, 0.5) is 10.1 Å². The van der Waals surface area contributed by atoms with E-state index in [0.717, 1.165) is 0 Å².